The van der Waals surface area contributed by atoms with Gasteiger partial charge in [-0.2, -0.15) is 4.31 Å². The number of furan rings is 1. The molecule has 0 aliphatic carbocycles. The first-order chi connectivity index (χ1) is 16.8. The molecule has 1 aliphatic heterocycles. The summed E-state index contributed by atoms with van der Waals surface area (Å²) in [6, 6.07) is 16.1. The summed E-state index contributed by atoms with van der Waals surface area (Å²) in [5, 5.41) is 0.595. The average molecular weight is 510 g/mol. The molecule has 0 radical (unpaired) electrons. The lowest BCUT2D eigenvalue weighted by molar-refractivity contribution is -0.123. The molecule has 1 atom stereocenters. The van der Waals surface area contributed by atoms with Crippen molar-refractivity contribution < 1.29 is 17.6 Å². The molecule has 0 N–H and O–H groups in total. The molecule has 182 valence electrons. The number of sulfonamides is 1. The van der Waals surface area contributed by atoms with Gasteiger partial charge in [0.15, 0.2) is 5.13 Å². The zero-order valence-electron chi connectivity index (χ0n) is 19.7. The van der Waals surface area contributed by atoms with Gasteiger partial charge >= 0.3 is 0 Å². The summed E-state index contributed by atoms with van der Waals surface area (Å²) in [5.41, 5.74) is 3.09. The highest BCUT2D eigenvalue weighted by Gasteiger charge is 2.36. The second-order valence-electron chi connectivity index (χ2n) is 8.95. The number of benzene rings is 2. The fraction of sp³-hybridized carbons (Fsp3) is 0.308. The lowest BCUT2D eigenvalue weighted by Gasteiger charge is -2.33. The molecule has 1 amide bonds. The van der Waals surface area contributed by atoms with E-state index in [1.165, 1.54) is 15.6 Å². The van der Waals surface area contributed by atoms with Gasteiger partial charge in [0, 0.05) is 13.1 Å². The predicted molar refractivity (Wildman–Crippen MR) is 137 cm³/mol. The molecule has 1 unspecified atom stereocenters. The van der Waals surface area contributed by atoms with Crippen LogP contribution < -0.4 is 4.90 Å². The van der Waals surface area contributed by atoms with Gasteiger partial charge in [0.1, 0.15) is 5.76 Å². The molecule has 1 saturated heterocycles. The Hall–Kier alpha value is -3.01. The SMILES string of the molecule is Cc1cc(C)c2sc(N(Cc3ccco3)C(=O)C3CCCN(S(=O)(=O)c4ccccc4)C3)nc2c1. The van der Waals surface area contributed by atoms with E-state index in [2.05, 4.69) is 6.07 Å². The van der Waals surface area contributed by atoms with E-state index in [-0.39, 0.29) is 23.9 Å². The van der Waals surface area contributed by atoms with Crippen molar-refractivity contribution in [1.29, 1.82) is 0 Å². The highest BCUT2D eigenvalue weighted by Crippen LogP contribution is 2.35. The van der Waals surface area contributed by atoms with Crippen molar-refractivity contribution in [3.8, 4) is 0 Å². The Morgan fingerprint density at radius 1 is 1.17 bits per heavy atom. The van der Waals surface area contributed by atoms with E-state index < -0.39 is 15.9 Å². The minimum Gasteiger partial charge on any atom is -0.467 e. The first-order valence-corrected chi connectivity index (χ1v) is 13.9. The summed E-state index contributed by atoms with van der Waals surface area (Å²) in [4.78, 5) is 20.6. The number of hydrogen-bond acceptors (Lipinski definition) is 6. The lowest BCUT2D eigenvalue weighted by Crippen LogP contribution is -2.46. The fourth-order valence-electron chi connectivity index (χ4n) is 4.60. The van der Waals surface area contributed by atoms with Crippen molar-refractivity contribution in [2.24, 2.45) is 5.92 Å². The van der Waals surface area contributed by atoms with Crippen molar-refractivity contribution >= 4 is 42.6 Å². The van der Waals surface area contributed by atoms with Crippen molar-refractivity contribution in [3.05, 3.63) is 77.7 Å². The Bertz CT molecular complexity index is 1450. The summed E-state index contributed by atoms with van der Waals surface area (Å²) in [7, 11) is -3.67. The van der Waals surface area contributed by atoms with E-state index in [1.54, 1.807) is 47.6 Å². The Kier molecular flexibility index (Phi) is 6.48. The van der Waals surface area contributed by atoms with Crippen LogP contribution in [0.4, 0.5) is 5.13 Å². The van der Waals surface area contributed by atoms with Crippen LogP contribution in [0.25, 0.3) is 10.2 Å². The van der Waals surface area contributed by atoms with E-state index >= 15 is 0 Å². The van der Waals surface area contributed by atoms with E-state index in [0.29, 0.717) is 30.3 Å². The van der Waals surface area contributed by atoms with Gasteiger partial charge in [0.05, 0.1) is 33.8 Å². The number of fused-ring (bicyclic) bond motifs is 1. The van der Waals surface area contributed by atoms with Crippen LogP contribution >= 0.6 is 11.3 Å². The average Bonchev–Trinajstić information content (AvgIpc) is 3.53. The molecule has 0 spiro atoms. The minimum absolute atomic E-state index is 0.136. The summed E-state index contributed by atoms with van der Waals surface area (Å²) in [6.07, 6.45) is 2.82. The molecule has 0 saturated carbocycles. The number of thiazole rings is 1. The summed E-state index contributed by atoms with van der Waals surface area (Å²) < 4.78 is 34.5. The molecule has 2 aromatic heterocycles. The standard InChI is InChI=1S/C26H27N3O4S2/c1-18-14-19(2)24-23(15-18)27-26(34-24)29(17-21-9-7-13-33-21)25(30)20-8-6-12-28(16-20)35(31,32)22-10-4-3-5-11-22/h3-5,7,9-11,13-15,20H,6,8,12,16-17H2,1-2H3. The second-order valence-corrected chi connectivity index (χ2v) is 11.9. The number of amides is 1. The van der Waals surface area contributed by atoms with Crippen LogP contribution in [-0.2, 0) is 21.4 Å². The third-order valence-electron chi connectivity index (χ3n) is 6.31. The van der Waals surface area contributed by atoms with Gasteiger partial charge < -0.3 is 4.42 Å². The van der Waals surface area contributed by atoms with Gasteiger partial charge in [-0.05, 0) is 68.1 Å². The third-order valence-corrected chi connectivity index (χ3v) is 9.42. The summed E-state index contributed by atoms with van der Waals surface area (Å²) in [6.45, 7) is 4.86. The molecule has 5 rings (SSSR count). The van der Waals surface area contributed by atoms with E-state index in [0.717, 1.165) is 21.3 Å². The maximum atomic E-state index is 13.9. The topological polar surface area (TPSA) is 83.7 Å². The molecule has 35 heavy (non-hydrogen) atoms. The third kappa shape index (κ3) is 4.76. The number of piperidine rings is 1. The summed E-state index contributed by atoms with van der Waals surface area (Å²) in [5.74, 6) is 0.0462. The molecule has 9 heteroatoms. The maximum absolute atomic E-state index is 13.9. The highest BCUT2D eigenvalue weighted by molar-refractivity contribution is 7.89. The molecular formula is C26H27N3O4S2. The maximum Gasteiger partial charge on any atom is 0.243 e. The Balaban J connectivity index is 1.46. The number of hydrogen-bond donors (Lipinski definition) is 0. The zero-order valence-corrected chi connectivity index (χ0v) is 21.3. The molecule has 2 aromatic carbocycles. The quantitative estimate of drug-likeness (QED) is 0.359. The molecule has 1 fully saturated rings. The van der Waals surface area contributed by atoms with Gasteiger partial charge in [0.2, 0.25) is 15.9 Å². The number of aryl methyl sites for hydroxylation is 2. The van der Waals surface area contributed by atoms with Gasteiger partial charge in [-0.15, -0.1) is 0 Å². The molecular weight excluding hydrogens is 482 g/mol. The van der Waals surface area contributed by atoms with Gasteiger partial charge in [0.25, 0.3) is 0 Å². The van der Waals surface area contributed by atoms with Crippen molar-refractivity contribution in [3.63, 3.8) is 0 Å². The molecule has 1 aliphatic rings. The fourth-order valence-corrected chi connectivity index (χ4v) is 7.17. The largest absolute Gasteiger partial charge is 0.467 e. The van der Waals surface area contributed by atoms with Crippen LogP contribution in [0.1, 0.15) is 29.7 Å². The Morgan fingerprint density at radius 3 is 2.71 bits per heavy atom. The number of nitrogens with zero attached hydrogens (tertiary/aromatic N) is 3. The van der Waals surface area contributed by atoms with E-state index in [1.807, 2.05) is 26.0 Å². The van der Waals surface area contributed by atoms with Crippen LogP contribution in [0, 0.1) is 19.8 Å². The van der Waals surface area contributed by atoms with Crippen LogP contribution in [0.3, 0.4) is 0 Å². The van der Waals surface area contributed by atoms with Crippen LogP contribution in [0.15, 0.2) is 70.2 Å². The van der Waals surface area contributed by atoms with Crippen LogP contribution in [-0.4, -0.2) is 36.7 Å². The first-order valence-electron chi connectivity index (χ1n) is 11.6. The molecule has 3 heterocycles. The first kappa shape index (κ1) is 23.7. The Morgan fingerprint density at radius 2 is 1.97 bits per heavy atom. The molecule has 0 bridgehead atoms. The van der Waals surface area contributed by atoms with Crippen molar-refractivity contribution in [2.75, 3.05) is 18.0 Å². The molecule has 4 aromatic rings. The van der Waals surface area contributed by atoms with Crippen molar-refractivity contribution in [2.45, 2.75) is 38.1 Å². The van der Waals surface area contributed by atoms with Gasteiger partial charge in [-0.25, -0.2) is 13.4 Å². The number of aromatic nitrogens is 1. The van der Waals surface area contributed by atoms with Crippen molar-refractivity contribution in [1.82, 2.24) is 9.29 Å². The van der Waals surface area contributed by atoms with Gasteiger partial charge in [-0.1, -0.05) is 35.6 Å². The van der Waals surface area contributed by atoms with Gasteiger partial charge in [-0.3, -0.25) is 9.69 Å². The normalized spacial score (nSPS) is 17.0. The minimum atomic E-state index is -3.67. The van der Waals surface area contributed by atoms with Crippen LogP contribution in [0.5, 0.6) is 0 Å². The molecule has 7 nitrogen and oxygen atoms in total. The number of carbonyl (C=O) groups excluding carboxylic acids is 1. The number of rotatable bonds is 6. The lowest BCUT2D eigenvalue weighted by atomic mass is 9.98. The predicted octanol–water partition coefficient (Wildman–Crippen LogP) is 5.14. The smallest absolute Gasteiger partial charge is 0.243 e. The number of anilines is 1. The number of carbonyl (C=O) groups is 1. The zero-order chi connectivity index (χ0) is 24.6. The van der Waals surface area contributed by atoms with Crippen LogP contribution in [0.2, 0.25) is 0 Å². The van der Waals surface area contributed by atoms with E-state index in [4.69, 9.17) is 9.40 Å². The Labute approximate surface area is 209 Å². The monoisotopic (exact) mass is 509 g/mol. The highest BCUT2D eigenvalue weighted by atomic mass is 32.2. The second kappa shape index (κ2) is 9.56. The van der Waals surface area contributed by atoms with E-state index in [9.17, 15) is 13.2 Å². The summed E-state index contributed by atoms with van der Waals surface area (Å²) >= 11 is 1.48.